The number of carboxylic acids is 1. The Morgan fingerprint density at radius 3 is 2.75 bits per heavy atom. The zero-order valence-electron chi connectivity index (χ0n) is 12.2. The highest BCUT2D eigenvalue weighted by atomic mass is 32.1. The average Bonchev–Trinajstić information content (AvgIpc) is 2.94. The quantitative estimate of drug-likeness (QED) is 0.877. The lowest BCUT2D eigenvalue weighted by Gasteiger charge is -2.35. The maximum atomic E-state index is 10.5. The number of carbonyl (C=O) groups is 1. The third-order valence-corrected chi connectivity index (χ3v) is 5.31. The molecule has 4 nitrogen and oxygen atoms in total. The standard InChI is InChI=1S/C15H23NO3S/c1-3-13-4-5-14(20-13)11(2)16-8-6-12(7-9-16)19-10-15(17)18/h4-5,11-12H,3,6-10H2,1-2H3,(H,17,18). The molecule has 112 valence electrons. The van der Waals surface area contributed by atoms with E-state index in [-0.39, 0.29) is 12.7 Å². The van der Waals surface area contributed by atoms with Crippen LogP contribution < -0.4 is 0 Å². The van der Waals surface area contributed by atoms with Crippen molar-refractivity contribution in [2.75, 3.05) is 19.7 Å². The van der Waals surface area contributed by atoms with Crippen molar-refractivity contribution < 1.29 is 14.6 Å². The lowest BCUT2D eigenvalue weighted by Crippen LogP contribution is -2.38. The van der Waals surface area contributed by atoms with Crippen molar-refractivity contribution in [2.45, 2.75) is 45.3 Å². The van der Waals surface area contributed by atoms with E-state index in [2.05, 4.69) is 30.9 Å². The van der Waals surface area contributed by atoms with Gasteiger partial charge < -0.3 is 9.84 Å². The number of carboxylic acid groups (broad SMARTS) is 1. The number of aliphatic carboxylic acids is 1. The van der Waals surface area contributed by atoms with Gasteiger partial charge in [-0.15, -0.1) is 11.3 Å². The lowest BCUT2D eigenvalue weighted by molar-refractivity contribution is -0.145. The zero-order valence-corrected chi connectivity index (χ0v) is 13.0. The summed E-state index contributed by atoms with van der Waals surface area (Å²) >= 11 is 1.90. The topological polar surface area (TPSA) is 49.8 Å². The van der Waals surface area contributed by atoms with Crippen molar-refractivity contribution in [3.05, 3.63) is 21.9 Å². The highest BCUT2D eigenvalue weighted by molar-refractivity contribution is 7.12. The maximum absolute atomic E-state index is 10.5. The molecule has 0 radical (unpaired) electrons. The van der Waals surface area contributed by atoms with E-state index in [1.807, 2.05) is 11.3 Å². The molecule has 1 fully saturated rings. The van der Waals surface area contributed by atoms with E-state index in [9.17, 15) is 4.79 Å². The number of hydrogen-bond donors (Lipinski definition) is 1. The Labute approximate surface area is 124 Å². The van der Waals surface area contributed by atoms with Crippen LogP contribution in [-0.4, -0.2) is 41.8 Å². The monoisotopic (exact) mass is 297 g/mol. The molecular formula is C15H23NO3S. The Hall–Kier alpha value is -0.910. The fourth-order valence-electron chi connectivity index (χ4n) is 2.61. The Kier molecular flexibility index (Phi) is 5.57. The third kappa shape index (κ3) is 4.04. The van der Waals surface area contributed by atoms with Gasteiger partial charge in [0.2, 0.25) is 0 Å². The van der Waals surface area contributed by atoms with Crippen LogP contribution in [0.25, 0.3) is 0 Å². The highest BCUT2D eigenvalue weighted by Gasteiger charge is 2.25. The normalized spacial score (nSPS) is 19.1. The first-order valence-electron chi connectivity index (χ1n) is 7.26. The molecule has 0 bridgehead atoms. The van der Waals surface area contributed by atoms with Gasteiger partial charge in [0.25, 0.3) is 0 Å². The van der Waals surface area contributed by atoms with Gasteiger partial charge in [0, 0.05) is 28.9 Å². The Balaban J connectivity index is 1.82. The smallest absolute Gasteiger partial charge is 0.329 e. The van der Waals surface area contributed by atoms with E-state index in [1.54, 1.807) is 0 Å². The molecule has 0 saturated carbocycles. The van der Waals surface area contributed by atoms with Crippen LogP contribution in [0, 0.1) is 0 Å². The van der Waals surface area contributed by atoms with Gasteiger partial charge in [-0.05, 0) is 38.3 Å². The van der Waals surface area contributed by atoms with Crippen LogP contribution in [0.5, 0.6) is 0 Å². The summed E-state index contributed by atoms with van der Waals surface area (Å²) < 4.78 is 5.38. The van der Waals surface area contributed by atoms with Crippen LogP contribution >= 0.6 is 11.3 Å². The van der Waals surface area contributed by atoms with Crippen LogP contribution in [0.1, 0.15) is 42.5 Å². The third-order valence-electron chi connectivity index (χ3n) is 3.91. The predicted molar refractivity (Wildman–Crippen MR) is 80.3 cm³/mol. The molecule has 1 aromatic heterocycles. The van der Waals surface area contributed by atoms with Crippen LogP contribution in [-0.2, 0) is 16.0 Å². The highest BCUT2D eigenvalue weighted by Crippen LogP contribution is 2.30. The minimum atomic E-state index is -0.883. The van der Waals surface area contributed by atoms with Crippen LogP contribution in [0.15, 0.2) is 12.1 Å². The first-order chi connectivity index (χ1) is 9.60. The largest absolute Gasteiger partial charge is 0.480 e. The summed E-state index contributed by atoms with van der Waals surface area (Å²) in [4.78, 5) is 15.8. The first kappa shape index (κ1) is 15.5. The van der Waals surface area contributed by atoms with Gasteiger partial charge in [0.1, 0.15) is 6.61 Å². The lowest BCUT2D eigenvalue weighted by atomic mass is 10.1. The summed E-state index contributed by atoms with van der Waals surface area (Å²) in [6.45, 7) is 6.22. The molecule has 0 spiro atoms. The van der Waals surface area contributed by atoms with Gasteiger partial charge in [0.05, 0.1) is 6.10 Å². The Morgan fingerprint density at radius 2 is 2.20 bits per heavy atom. The Morgan fingerprint density at radius 1 is 1.50 bits per heavy atom. The number of rotatable bonds is 6. The first-order valence-corrected chi connectivity index (χ1v) is 8.07. The van der Waals surface area contributed by atoms with E-state index >= 15 is 0 Å². The van der Waals surface area contributed by atoms with E-state index in [4.69, 9.17) is 9.84 Å². The summed E-state index contributed by atoms with van der Waals surface area (Å²) in [5.41, 5.74) is 0. The van der Waals surface area contributed by atoms with Crippen LogP contribution in [0.2, 0.25) is 0 Å². The second kappa shape index (κ2) is 7.20. The number of ether oxygens (including phenoxy) is 1. The molecule has 1 atom stereocenters. The summed E-state index contributed by atoms with van der Waals surface area (Å²) in [5, 5.41) is 8.62. The minimum Gasteiger partial charge on any atom is -0.480 e. The molecule has 1 aliphatic rings. The van der Waals surface area contributed by atoms with Gasteiger partial charge in [-0.25, -0.2) is 4.79 Å². The molecule has 0 aliphatic carbocycles. The summed E-state index contributed by atoms with van der Waals surface area (Å²) in [7, 11) is 0. The van der Waals surface area contributed by atoms with Crippen molar-refractivity contribution in [1.82, 2.24) is 4.90 Å². The van der Waals surface area contributed by atoms with Crippen LogP contribution in [0.4, 0.5) is 0 Å². The molecule has 2 heterocycles. The fourth-order valence-corrected chi connectivity index (χ4v) is 3.65. The van der Waals surface area contributed by atoms with Crippen molar-refractivity contribution >= 4 is 17.3 Å². The minimum absolute atomic E-state index is 0.101. The van der Waals surface area contributed by atoms with E-state index < -0.39 is 5.97 Å². The van der Waals surface area contributed by atoms with E-state index in [0.717, 1.165) is 32.4 Å². The number of likely N-dealkylation sites (tertiary alicyclic amines) is 1. The summed E-state index contributed by atoms with van der Waals surface area (Å²) in [6, 6.07) is 4.90. The van der Waals surface area contributed by atoms with Crippen LogP contribution in [0.3, 0.4) is 0 Å². The van der Waals surface area contributed by atoms with E-state index in [0.29, 0.717) is 6.04 Å². The summed E-state index contributed by atoms with van der Waals surface area (Å²) in [5.74, 6) is -0.883. The SMILES string of the molecule is CCc1ccc(C(C)N2CCC(OCC(=O)O)CC2)s1. The maximum Gasteiger partial charge on any atom is 0.329 e. The van der Waals surface area contributed by atoms with Gasteiger partial charge in [0.15, 0.2) is 0 Å². The second-order valence-corrected chi connectivity index (χ2v) is 6.47. The fraction of sp³-hybridized carbons (Fsp3) is 0.667. The zero-order chi connectivity index (χ0) is 14.5. The molecule has 0 aromatic carbocycles. The Bertz CT molecular complexity index is 438. The average molecular weight is 297 g/mol. The molecule has 1 N–H and O–H groups in total. The number of piperidine rings is 1. The van der Waals surface area contributed by atoms with Gasteiger partial charge >= 0.3 is 5.97 Å². The van der Waals surface area contributed by atoms with Crippen molar-refractivity contribution in [1.29, 1.82) is 0 Å². The van der Waals surface area contributed by atoms with Gasteiger partial charge in [-0.1, -0.05) is 6.92 Å². The number of thiophene rings is 1. The molecule has 0 amide bonds. The molecule has 20 heavy (non-hydrogen) atoms. The van der Waals surface area contributed by atoms with Gasteiger partial charge in [-0.2, -0.15) is 0 Å². The number of nitrogens with zero attached hydrogens (tertiary/aromatic N) is 1. The predicted octanol–water partition coefficient (Wildman–Crippen LogP) is 2.94. The number of hydrogen-bond acceptors (Lipinski definition) is 4. The molecule has 1 aliphatic heterocycles. The van der Waals surface area contributed by atoms with Crippen molar-refractivity contribution in [3.8, 4) is 0 Å². The van der Waals surface area contributed by atoms with Crippen molar-refractivity contribution in [2.24, 2.45) is 0 Å². The molecule has 2 rings (SSSR count). The number of aryl methyl sites for hydroxylation is 1. The van der Waals surface area contributed by atoms with Crippen molar-refractivity contribution in [3.63, 3.8) is 0 Å². The second-order valence-electron chi connectivity index (χ2n) is 5.27. The molecular weight excluding hydrogens is 274 g/mol. The van der Waals surface area contributed by atoms with Gasteiger partial charge in [-0.3, -0.25) is 4.90 Å². The molecule has 1 aromatic rings. The molecule has 1 saturated heterocycles. The van der Waals surface area contributed by atoms with E-state index in [1.165, 1.54) is 9.75 Å². The summed E-state index contributed by atoms with van der Waals surface area (Å²) in [6.07, 6.45) is 3.04. The molecule has 1 unspecified atom stereocenters. The molecule has 5 heteroatoms.